The lowest BCUT2D eigenvalue weighted by molar-refractivity contribution is -0.274. The van der Waals surface area contributed by atoms with Gasteiger partial charge in [0, 0.05) is 24.1 Å². The normalized spacial score (nSPS) is 12.2. The summed E-state index contributed by atoms with van der Waals surface area (Å²) in [4.78, 5) is 20.5. The van der Waals surface area contributed by atoms with Crippen LogP contribution in [0.5, 0.6) is 5.75 Å². The maximum atomic E-state index is 13.4. The molecule has 4 rings (SSSR count). The van der Waals surface area contributed by atoms with Crippen molar-refractivity contribution in [2.45, 2.75) is 18.0 Å². The predicted octanol–water partition coefficient (Wildman–Crippen LogP) is 3.86. The second-order valence-corrected chi connectivity index (χ2v) is 9.73. The Kier molecular flexibility index (Phi) is 7.14. The van der Waals surface area contributed by atoms with Crippen molar-refractivity contribution in [2.24, 2.45) is 0 Å². The number of hydrogen-bond acceptors (Lipinski definition) is 7. The molecule has 1 N–H and O–H groups in total. The van der Waals surface area contributed by atoms with E-state index in [0.717, 1.165) is 28.6 Å². The van der Waals surface area contributed by atoms with Crippen LogP contribution in [0.15, 0.2) is 70.4 Å². The largest absolute Gasteiger partial charge is 0.573 e. The van der Waals surface area contributed by atoms with Crippen molar-refractivity contribution in [3.63, 3.8) is 0 Å². The highest BCUT2D eigenvalue weighted by Gasteiger charge is 2.31. The molecule has 1 amide bonds. The highest BCUT2D eigenvalue weighted by atomic mass is 32.2. The van der Waals surface area contributed by atoms with Crippen molar-refractivity contribution in [3.05, 3.63) is 72.4 Å². The number of ether oxygens (including phenoxy) is 1. The van der Waals surface area contributed by atoms with E-state index in [4.69, 9.17) is 4.42 Å². The van der Waals surface area contributed by atoms with Crippen LogP contribution in [0.3, 0.4) is 0 Å². The molecule has 37 heavy (non-hydrogen) atoms. The van der Waals surface area contributed by atoms with E-state index in [0.29, 0.717) is 17.0 Å². The topological polar surface area (TPSA) is 115 Å². The number of carbonyl (C=O) groups is 1. The van der Waals surface area contributed by atoms with E-state index >= 15 is 0 Å². The fourth-order valence-corrected chi connectivity index (χ4v) is 4.35. The minimum absolute atomic E-state index is 0.0680. The summed E-state index contributed by atoms with van der Waals surface area (Å²) in [7, 11) is -2.98. The molecule has 0 saturated heterocycles. The number of carbonyl (C=O) groups excluding carboxylic acids is 1. The lowest BCUT2D eigenvalue weighted by Crippen LogP contribution is -2.38. The van der Waals surface area contributed by atoms with Crippen LogP contribution in [0.2, 0.25) is 0 Å². The smallest absolute Gasteiger partial charge is 0.443 e. The first-order chi connectivity index (χ1) is 17.4. The molecule has 0 aliphatic carbocycles. The Morgan fingerprint density at radius 2 is 1.81 bits per heavy atom. The Morgan fingerprint density at radius 1 is 1.08 bits per heavy atom. The molecule has 0 fully saturated rings. The van der Waals surface area contributed by atoms with Gasteiger partial charge in [0.1, 0.15) is 23.5 Å². The number of halogens is 4. The number of rotatable bonds is 8. The molecular formula is C23H18F4N4O5S. The number of hydrogen-bond donors (Lipinski definition) is 1. The van der Waals surface area contributed by atoms with Crippen molar-refractivity contribution in [2.75, 3.05) is 13.6 Å². The number of fused-ring (bicyclic) bond motifs is 1. The van der Waals surface area contributed by atoms with Gasteiger partial charge in [-0.3, -0.25) is 4.79 Å². The van der Waals surface area contributed by atoms with E-state index in [1.54, 1.807) is 0 Å². The highest BCUT2D eigenvalue weighted by Crippen LogP contribution is 2.27. The van der Waals surface area contributed by atoms with E-state index in [9.17, 15) is 30.8 Å². The molecule has 14 heteroatoms. The van der Waals surface area contributed by atoms with Gasteiger partial charge in [0.25, 0.3) is 10.0 Å². The van der Waals surface area contributed by atoms with E-state index < -0.39 is 39.7 Å². The lowest BCUT2D eigenvalue weighted by atomic mass is 10.1. The van der Waals surface area contributed by atoms with Crippen molar-refractivity contribution in [1.82, 2.24) is 19.6 Å². The van der Waals surface area contributed by atoms with Crippen LogP contribution in [0.4, 0.5) is 17.6 Å². The summed E-state index contributed by atoms with van der Waals surface area (Å²) in [5, 5.41) is 2.37. The van der Waals surface area contributed by atoms with Gasteiger partial charge >= 0.3 is 6.36 Å². The molecule has 0 aliphatic heterocycles. The van der Waals surface area contributed by atoms with Gasteiger partial charge in [0.2, 0.25) is 11.0 Å². The number of benzene rings is 2. The quantitative estimate of drug-likeness (QED) is 0.339. The Hall–Kier alpha value is -4.04. The van der Waals surface area contributed by atoms with Crippen LogP contribution < -0.4 is 10.1 Å². The van der Waals surface area contributed by atoms with Gasteiger partial charge in [-0.05, 0) is 48.5 Å². The molecule has 2 heterocycles. The number of likely N-dealkylation sites (N-methyl/N-ethyl adjacent to an activating group) is 1. The molecule has 0 radical (unpaired) electrons. The van der Waals surface area contributed by atoms with Crippen LogP contribution >= 0.6 is 0 Å². The van der Waals surface area contributed by atoms with Crippen molar-refractivity contribution < 1.29 is 39.9 Å². The summed E-state index contributed by atoms with van der Waals surface area (Å²) in [5.41, 5.74) is 1.43. The number of sulfonamides is 1. The van der Waals surface area contributed by atoms with E-state index in [1.165, 1.54) is 43.7 Å². The molecule has 0 bridgehead atoms. The molecule has 194 valence electrons. The lowest BCUT2D eigenvalue weighted by Gasteiger charge is -2.15. The number of furan rings is 1. The molecule has 0 aliphatic rings. The fourth-order valence-electron chi connectivity index (χ4n) is 3.28. The summed E-state index contributed by atoms with van der Waals surface area (Å²) in [6, 6.07) is 11.3. The van der Waals surface area contributed by atoms with Crippen molar-refractivity contribution >= 4 is 26.9 Å². The first-order valence-corrected chi connectivity index (χ1v) is 11.9. The van der Waals surface area contributed by atoms with Crippen LogP contribution in [-0.4, -0.2) is 48.6 Å². The molecule has 0 atom stereocenters. The van der Waals surface area contributed by atoms with Crippen LogP contribution in [0.1, 0.15) is 5.69 Å². The molecule has 2 aromatic carbocycles. The van der Waals surface area contributed by atoms with Gasteiger partial charge in [0.05, 0.1) is 24.5 Å². The average molecular weight is 538 g/mol. The van der Waals surface area contributed by atoms with Crippen molar-refractivity contribution in [3.8, 4) is 17.0 Å². The Morgan fingerprint density at radius 3 is 2.51 bits per heavy atom. The number of alkyl halides is 3. The number of nitrogens with one attached hydrogen (secondary N) is 1. The summed E-state index contributed by atoms with van der Waals surface area (Å²) in [5.74, 6) is -1.57. The summed E-state index contributed by atoms with van der Waals surface area (Å²) in [6.45, 7) is -0.603. The predicted molar refractivity (Wildman–Crippen MR) is 122 cm³/mol. The second kappa shape index (κ2) is 10.1. The summed E-state index contributed by atoms with van der Waals surface area (Å²) < 4.78 is 85.8. The second-order valence-electron chi connectivity index (χ2n) is 7.75. The van der Waals surface area contributed by atoms with Crippen LogP contribution in [-0.2, 0) is 21.4 Å². The van der Waals surface area contributed by atoms with Gasteiger partial charge < -0.3 is 14.5 Å². The molecule has 9 nitrogen and oxygen atoms in total. The molecule has 0 spiro atoms. The summed E-state index contributed by atoms with van der Waals surface area (Å²) >= 11 is 0. The zero-order valence-electron chi connectivity index (χ0n) is 19.0. The molecule has 0 unspecified atom stereocenters. The van der Waals surface area contributed by atoms with E-state index in [2.05, 4.69) is 20.0 Å². The molecule has 2 aromatic heterocycles. The maximum absolute atomic E-state index is 13.4. The van der Waals surface area contributed by atoms with E-state index in [1.807, 2.05) is 0 Å². The third-order valence-corrected chi connectivity index (χ3v) is 6.72. The van der Waals surface area contributed by atoms with Gasteiger partial charge in [0.15, 0.2) is 0 Å². The van der Waals surface area contributed by atoms with Crippen molar-refractivity contribution in [1.29, 1.82) is 0 Å². The fraction of sp³-hybridized carbons (Fsp3) is 0.174. The van der Waals surface area contributed by atoms with Gasteiger partial charge in [-0.25, -0.2) is 22.8 Å². The average Bonchev–Trinajstić information content (AvgIpc) is 3.26. The molecule has 0 saturated carbocycles. The number of nitrogens with zero attached hydrogens (tertiary/aromatic N) is 3. The maximum Gasteiger partial charge on any atom is 0.573 e. The monoisotopic (exact) mass is 538 g/mol. The Balaban J connectivity index is 1.37. The first kappa shape index (κ1) is 26.0. The zero-order chi connectivity index (χ0) is 26.8. The SMILES string of the molecule is CN(CC(=O)NCc1cc(-c2ccc(OC(F)(F)F)cc2)ncn1)S(=O)(=O)c1cc2cc(F)ccc2o1. The van der Waals surface area contributed by atoms with Crippen LogP contribution in [0.25, 0.3) is 22.2 Å². The minimum Gasteiger partial charge on any atom is -0.443 e. The minimum atomic E-state index is -4.80. The third kappa shape index (κ3) is 6.40. The standard InChI is InChI=1S/C23H18F4N4O5S/c1-31(37(33,34)22-9-15-8-16(24)4-7-20(15)35-22)12-21(32)28-11-17-10-19(30-13-29-17)14-2-5-18(6-3-14)36-23(25,26)27/h2-10,13H,11-12H2,1H3,(H,28,32). The highest BCUT2D eigenvalue weighted by molar-refractivity contribution is 7.89. The van der Waals surface area contributed by atoms with Gasteiger partial charge in [-0.2, -0.15) is 4.31 Å². The molecule has 4 aromatic rings. The Labute approximate surface area is 207 Å². The van der Waals surface area contributed by atoms with Crippen LogP contribution in [0, 0.1) is 5.82 Å². The van der Waals surface area contributed by atoms with Gasteiger partial charge in [-0.1, -0.05) is 0 Å². The zero-order valence-corrected chi connectivity index (χ0v) is 19.8. The first-order valence-electron chi connectivity index (χ1n) is 10.5. The Bertz CT molecular complexity index is 1540. The summed E-state index contributed by atoms with van der Waals surface area (Å²) in [6.07, 6.45) is -3.58. The molecular weight excluding hydrogens is 520 g/mol. The van der Waals surface area contributed by atoms with Gasteiger partial charge in [-0.15, -0.1) is 13.2 Å². The third-order valence-electron chi connectivity index (χ3n) is 5.06. The van der Waals surface area contributed by atoms with E-state index in [-0.39, 0.29) is 23.3 Å². The number of aromatic nitrogens is 2. The number of amides is 1.